The van der Waals surface area contributed by atoms with Gasteiger partial charge in [0.15, 0.2) is 11.4 Å². The number of carbonyl (C=O) groups is 1. The van der Waals surface area contributed by atoms with Gasteiger partial charge in [-0.25, -0.2) is 9.78 Å². The summed E-state index contributed by atoms with van der Waals surface area (Å²) in [6.07, 6.45) is 0. The van der Waals surface area contributed by atoms with Crippen molar-refractivity contribution in [3.8, 4) is 11.6 Å². The van der Waals surface area contributed by atoms with Crippen LogP contribution >= 0.6 is 0 Å². The number of pyridine rings is 1. The SMILES string of the molecule is Cc1ccc2cccc(Oc3ccc(C(=O)O)nn3)c2n1. The van der Waals surface area contributed by atoms with E-state index in [1.165, 1.54) is 12.1 Å². The van der Waals surface area contributed by atoms with Crippen LogP contribution in [-0.4, -0.2) is 26.3 Å². The zero-order valence-electron chi connectivity index (χ0n) is 11.1. The molecule has 3 aromatic rings. The number of ether oxygens (including phenoxy) is 1. The molecule has 3 rings (SSSR count). The van der Waals surface area contributed by atoms with E-state index in [9.17, 15) is 4.79 Å². The average Bonchev–Trinajstić information content (AvgIpc) is 2.48. The quantitative estimate of drug-likeness (QED) is 0.794. The molecule has 0 fully saturated rings. The van der Waals surface area contributed by atoms with Gasteiger partial charge in [-0.1, -0.05) is 18.2 Å². The number of aromatic carboxylic acids is 1. The van der Waals surface area contributed by atoms with Gasteiger partial charge in [-0.15, -0.1) is 10.2 Å². The lowest BCUT2D eigenvalue weighted by Gasteiger charge is -2.07. The van der Waals surface area contributed by atoms with Crippen molar-refractivity contribution in [2.75, 3.05) is 0 Å². The normalized spacial score (nSPS) is 10.5. The van der Waals surface area contributed by atoms with Gasteiger partial charge < -0.3 is 9.84 Å². The fourth-order valence-electron chi connectivity index (χ4n) is 1.90. The number of nitrogens with zero attached hydrogens (tertiary/aromatic N) is 3. The third-order valence-electron chi connectivity index (χ3n) is 2.90. The monoisotopic (exact) mass is 281 g/mol. The zero-order valence-corrected chi connectivity index (χ0v) is 11.1. The summed E-state index contributed by atoms with van der Waals surface area (Å²) in [5.41, 5.74) is 1.47. The molecule has 0 aliphatic rings. The van der Waals surface area contributed by atoms with Gasteiger partial charge in [0.1, 0.15) is 5.52 Å². The number of benzene rings is 1. The second kappa shape index (κ2) is 5.16. The smallest absolute Gasteiger partial charge is 0.356 e. The first-order valence-electron chi connectivity index (χ1n) is 6.25. The minimum atomic E-state index is -1.13. The minimum Gasteiger partial charge on any atom is -0.476 e. The maximum absolute atomic E-state index is 10.7. The maximum Gasteiger partial charge on any atom is 0.356 e. The number of aromatic nitrogens is 3. The van der Waals surface area contributed by atoms with Crippen LogP contribution in [0, 0.1) is 6.92 Å². The van der Waals surface area contributed by atoms with E-state index in [-0.39, 0.29) is 11.6 Å². The van der Waals surface area contributed by atoms with Crippen molar-refractivity contribution in [1.29, 1.82) is 0 Å². The van der Waals surface area contributed by atoms with Gasteiger partial charge in [0, 0.05) is 17.1 Å². The van der Waals surface area contributed by atoms with Crippen molar-refractivity contribution in [3.63, 3.8) is 0 Å². The molecule has 1 aromatic carbocycles. The Morgan fingerprint density at radius 2 is 1.95 bits per heavy atom. The highest BCUT2D eigenvalue weighted by Gasteiger charge is 2.09. The highest BCUT2D eigenvalue weighted by Crippen LogP contribution is 2.27. The van der Waals surface area contributed by atoms with Crippen molar-refractivity contribution in [3.05, 3.63) is 53.9 Å². The van der Waals surface area contributed by atoms with E-state index in [0.717, 1.165) is 16.6 Å². The van der Waals surface area contributed by atoms with Crippen LogP contribution in [0.15, 0.2) is 42.5 Å². The van der Waals surface area contributed by atoms with Gasteiger partial charge in [0.05, 0.1) is 0 Å². The largest absolute Gasteiger partial charge is 0.476 e. The number of aryl methyl sites for hydroxylation is 1. The summed E-state index contributed by atoms with van der Waals surface area (Å²) >= 11 is 0. The molecule has 2 heterocycles. The van der Waals surface area contributed by atoms with E-state index < -0.39 is 5.97 Å². The number of para-hydroxylation sites is 1. The summed E-state index contributed by atoms with van der Waals surface area (Å²) < 4.78 is 5.65. The molecule has 0 bridgehead atoms. The molecule has 104 valence electrons. The Kier molecular flexibility index (Phi) is 3.19. The van der Waals surface area contributed by atoms with Crippen molar-refractivity contribution < 1.29 is 14.6 Å². The molecule has 0 saturated carbocycles. The summed E-state index contributed by atoms with van der Waals surface area (Å²) in [6, 6.07) is 12.3. The van der Waals surface area contributed by atoms with E-state index in [0.29, 0.717) is 5.75 Å². The molecular weight excluding hydrogens is 270 g/mol. The van der Waals surface area contributed by atoms with Gasteiger partial charge in [-0.2, -0.15) is 0 Å². The van der Waals surface area contributed by atoms with Gasteiger partial charge in [0.2, 0.25) is 5.88 Å². The predicted octanol–water partition coefficient (Wildman–Crippen LogP) is 2.82. The zero-order chi connectivity index (χ0) is 14.8. The molecule has 6 heteroatoms. The Morgan fingerprint density at radius 1 is 1.10 bits per heavy atom. The molecular formula is C15H11N3O3. The molecule has 1 N–H and O–H groups in total. The predicted molar refractivity (Wildman–Crippen MR) is 75.5 cm³/mol. The first-order valence-corrected chi connectivity index (χ1v) is 6.25. The number of hydrogen-bond acceptors (Lipinski definition) is 5. The van der Waals surface area contributed by atoms with E-state index in [4.69, 9.17) is 9.84 Å². The van der Waals surface area contributed by atoms with Crippen LogP contribution in [0.4, 0.5) is 0 Å². The fraction of sp³-hybridized carbons (Fsp3) is 0.0667. The Labute approximate surface area is 120 Å². The fourth-order valence-corrected chi connectivity index (χ4v) is 1.90. The third-order valence-corrected chi connectivity index (χ3v) is 2.90. The molecule has 0 atom stereocenters. The van der Waals surface area contributed by atoms with Crippen LogP contribution in [0.3, 0.4) is 0 Å². The molecule has 21 heavy (non-hydrogen) atoms. The number of rotatable bonds is 3. The second-order valence-corrected chi connectivity index (χ2v) is 4.44. The van der Waals surface area contributed by atoms with Crippen molar-refractivity contribution in [2.24, 2.45) is 0 Å². The Balaban J connectivity index is 1.97. The van der Waals surface area contributed by atoms with Crippen LogP contribution < -0.4 is 4.74 Å². The second-order valence-electron chi connectivity index (χ2n) is 4.44. The summed E-state index contributed by atoms with van der Waals surface area (Å²) in [5.74, 6) is -0.360. The number of hydrogen-bond donors (Lipinski definition) is 1. The highest BCUT2D eigenvalue weighted by atomic mass is 16.5. The Bertz CT molecular complexity index is 816. The molecule has 0 unspecified atom stereocenters. The molecule has 0 radical (unpaired) electrons. The Morgan fingerprint density at radius 3 is 2.67 bits per heavy atom. The lowest BCUT2D eigenvalue weighted by Crippen LogP contribution is -2.02. The maximum atomic E-state index is 10.7. The van der Waals surface area contributed by atoms with Gasteiger partial charge in [0.25, 0.3) is 0 Å². The third kappa shape index (κ3) is 2.64. The van der Waals surface area contributed by atoms with Crippen molar-refractivity contribution in [1.82, 2.24) is 15.2 Å². The van der Waals surface area contributed by atoms with Crippen LogP contribution in [0.2, 0.25) is 0 Å². The minimum absolute atomic E-state index is 0.130. The topological polar surface area (TPSA) is 85.2 Å². The van der Waals surface area contributed by atoms with E-state index in [1.807, 2.05) is 31.2 Å². The first kappa shape index (κ1) is 13.0. The molecule has 0 saturated heterocycles. The molecule has 6 nitrogen and oxygen atoms in total. The number of fused-ring (bicyclic) bond motifs is 1. The summed E-state index contributed by atoms with van der Waals surface area (Å²) in [6.45, 7) is 1.90. The molecule has 0 aliphatic carbocycles. The van der Waals surface area contributed by atoms with Crippen LogP contribution in [0.5, 0.6) is 11.6 Å². The van der Waals surface area contributed by atoms with Crippen LogP contribution in [-0.2, 0) is 0 Å². The summed E-state index contributed by atoms with van der Waals surface area (Å²) in [5, 5.41) is 17.1. The average molecular weight is 281 g/mol. The van der Waals surface area contributed by atoms with Crippen LogP contribution in [0.1, 0.15) is 16.2 Å². The van der Waals surface area contributed by atoms with Gasteiger partial charge in [-0.3, -0.25) is 0 Å². The van der Waals surface area contributed by atoms with Crippen molar-refractivity contribution in [2.45, 2.75) is 6.92 Å². The van der Waals surface area contributed by atoms with Crippen LogP contribution in [0.25, 0.3) is 10.9 Å². The van der Waals surface area contributed by atoms with Gasteiger partial charge in [-0.05, 0) is 25.1 Å². The lowest BCUT2D eigenvalue weighted by molar-refractivity contribution is 0.0689. The van der Waals surface area contributed by atoms with Crippen molar-refractivity contribution >= 4 is 16.9 Å². The first-order chi connectivity index (χ1) is 10.1. The molecule has 0 aliphatic heterocycles. The molecule has 0 amide bonds. The summed E-state index contributed by atoms with van der Waals surface area (Å²) in [4.78, 5) is 15.2. The lowest BCUT2D eigenvalue weighted by atomic mass is 10.2. The van der Waals surface area contributed by atoms with E-state index in [1.54, 1.807) is 6.07 Å². The number of carboxylic acids is 1. The van der Waals surface area contributed by atoms with E-state index in [2.05, 4.69) is 15.2 Å². The summed E-state index contributed by atoms with van der Waals surface area (Å²) in [7, 11) is 0. The van der Waals surface area contributed by atoms with Gasteiger partial charge >= 0.3 is 5.97 Å². The highest BCUT2D eigenvalue weighted by molar-refractivity contribution is 5.85. The number of carboxylic acid groups (broad SMARTS) is 1. The Hall–Kier alpha value is -3.02. The van der Waals surface area contributed by atoms with E-state index >= 15 is 0 Å². The molecule has 0 spiro atoms. The molecule has 2 aromatic heterocycles. The standard InChI is InChI=1S/C15H11N3O3/c1-9-5-6-10-3-2-4-12(14(10)16-9)21-13-8-7-11(15(19)20)17-18-13/h2-8H,1H3,(H,19,20).